The number of fused-ring (bicyclic) bond motifs is 1. The molecule has 1 atom stereocenters. The van der Waals surface area contributed by atoms with Crippen molar-refractivity contribution in [3.8, 4) is 0 Å². The number of nitrogens with zero attached hydrogens (tertiary/aromatic N) is 1. The molecule has 4 heteroatoms. The number of carbonyl (C=O) groups excluding carboxylic acids is 1. The fourth-order valence-electron chi connectivity index (χ4n) is 3.31. The van der Waals surface area contributed by atoms with Crippen LogP contribution in [0.15, 0.2) is 30.5 Å². The third-order valence-corrected chi connectivity index (χ3v) is 4.54. The molecule has 1 aliphatic rings. The Morgan fingerprint density at radius 2 is 2.12 bits per heavy atom. The summed E-state index contributed by atoms with van der Waals surface area (Å²) in [6.07, 6.45) is 7.57. The first kappa shape index (κ1) is 17.0. The average Bonchev–Trinajstić information content (AvgIpc) is 2.95. The van der Waals surface area contributed by atoms with Crippen LogP contribution in [-0.2, 0) is 11.2 Å². The molecule has 0 bridgehead atoms. The average molecular weight is 328 g/mol. The van der Waals surface area contributed by atoms with Gasteiger partial charge in [0.1, 0.15) is 5.60 Å². The zero-order valence-corrected chi connectivity index (χ0v) is 15.0. The number of aromatic nitrogens is 1. The molecular weight excluding hydrogens is 300 g/mol. The van der Waals surface area contributed by atoms with Crippen molar-refractivity contribution in [2.24, 2.45) is 0 Å². The summed E-state index contributed by atoms with van der Waals surface area (Å²) in [5.41, 5.74) is 1.72. The third kappa shape index (κ3) is 4.18. The summed E-state index contributed by atoms with van der Waals surface area (Å²) in [5.74, 6) is 0. The van der Waals surface area contributed by atoms with Gasteiger partial charge in [-0.25, -0.2) is 4.79 Å². The first-order valence-corrected chi connectivity index (χ1v) is 8.99. The Balaban J connectivity index is 1.74. The molecular formula is C20H28N2O2. The van der Waals surface area contributed by atoms with E-state index in [1.807, 2.05) is 26.8 Å². The molecule has 2 heterocycles. The Kier molecular flexibility index (Phi) is 4.95. The number of aryl methyl sites for hydroxylation is 1. The van der Waals surface area contributed by atoms with Crippen LogP contribution in [0, 0.1) is 0 Å². The van der Waals surface area contributed by atoms with E-state index in [0.29, 0.717) is 6.04 Å². The number of hydrogen-bond acceptors (Lipinski definition) is 3. The number of nitrogens with one attached hydrogen (secondary N) is 1. The largest absolute Gasteiger partial charge is 0.443 e. The summed E-state index contributed by atoms with van der Waals surface area (Å²) in [6.45, 7) is 6.81. The van der Waals surface area contributed by atoms with E-state index in [0.717, 1.165) is 30.3 Å². The van der Waals surface area contributed by atoms with Crippen LogP contribution in [0.4, 0.5) is 4.79 Å². The Morgan fingerprint density at radius 3 is 2.83 bits per heavy atom. The quantitative estimate of drug-likeness (QED) is 0.902. The van der Waals surface area contributed by atoms with Crippen LogP contribution in [0.1, 0.15) is 52.0 Å². The maximum atomic E-state index is 12.4. The van der Waals surface area contributed by atoms with Crippen molar-refractivity contribution in [1.29, 1.82) is 0 Å². The van der Waals surface area contributed by atoms with Gasteiger partial charge in [0.15, 0.2) is 0 Å². The van der Waals surface area contributed by atoms with Crippen LogP contribution in [0.25, 0.3) is 10.9 Å². The van der Waals surface area contributed by atoms with Crippen LogP contribution in [0.5, 0.6) is 0 Å². The van der Waals surface area contributed by atoms with E-state index >= 15 is 0 Å². The highest BCUT2D eigenvalue weighted by Crippen LogP contribution is 2.21. The molecule has 1 fully saturated rings. The second kappa shape index (κ2) is 6.98. The third-order valence-electron chi connectivity index (χ3n) is 4.54. The molecule has 130 valence electrons. The van der Waals surface area contributed by atoms with E-state index in [4.69, 9.17) is 4.74 Å². The van der Waals surface area contributed by atoms with Crippen molar-refractivity contribution in [2.75, 3.05) is 6.54 Å². The van der Waals surface area contributed by atoms with Gasteiger partial charge in [0.2, 0.25) is 0 Å². The van der Waals surface area contributed by atoms with E-state index in [1.165, 1.54) is 24.8 Å². The summed E-state index contributed by atoms with van der Waals surface area (Å²) in [5, 5.41) is 4.67. The molecule has 4 nitrogen and oxygen atoms in total. The van der Waals surface area contributed by atoms with Gasteiger partial charge in [-0.15, -0.1) is 0 Å². The van der Waals surface area contributed by atoms with Crippen molar-refractivity contribution < 1.29 is 9.53 Å². The van der Waals surface area contributed by atoms with Crippen molar-refractivity contribution in [2.45, 2.75) is 64.5 Å². The minimum Gasteiger partial charge on any atom is -0.443 e. The molecule has 1 aromatic carbocycles. The van der Waals surface area contributed by atoms with Crippen molar-refractivity contribution in [1.82, 2.24) is 9.88 Å². The molecule has 0 amide bonds. The molecule has 0 saturated carbocycles. The Bertz CT molecular complexity index is 706. The fraction of sp³-hybridized carbons (Fsp3) is 0.550. The Hall–Kier alpha value is -1.81. The summed E-state index contributed by atoms with van der Waals surface area (Å²) in [7, 11) is 0. The maximum Gasteiger partial charge on any atom is 0.418 e. The lowest BCUT2D eigenvalue weighted by Gasteiger charge is -2.23. The molecule has 1 unspecified atom stereocenters. The molecule has 0 aliphatic carbocycles. The van der Waals surface area contributed by atoms with E-state index < -0.39 is 5.60 Å². The molecule has 1 aromatic heterocycles. The number of piperidine rings is 1. The second-order valence-corrected chi connectivity index (χ2v) is 7.74. The van der Waals surface area contributed by atoms with Crippen molar-refractivity contribution in [3.63, 3.8) is 0 Å². The van der Waals surface area contributed by atoms with Gasteiger partial charge in [-0.3, -0.25) is 4.57 Å². The van der Waals surface area contributed by atoms with Gasteiger partial charge in [0.25, 0.3) is 0 Å². The lowest BCUT2D eigenvalue weighted by molar-refractivity contribution is 0.0544. The topological polar surface area (TPSA) is 43.3 Å². The lowest BCUT2D eigenvalue weighted by atomic mass is 9.97. The second-order valence-electron chi connectivity index (χ2n) is 7.74. The zero-order chi connectivity index (χ0) is 17.2. The molecule has 3 rings (SSSR count). The normalized spacial score (nSPS) is 18.7. The van der Waals surface area contributed by atoms with Crippen LogP contribution in [0.2, 0.25) is 0 Å². The SMILES string of the molecule is CC(C)(C)OC(=O)n1ccc2ccc(CCC3CCCCN3)cc21. The molecule has 2 aromatic rings. The number of benzene rings is 1. The van der Waals surface area contributed by atoms with Gasteiger partial charge >= 0.3 is 6.09 Å². The van der Waals surface area contributed by atoms with Crippen LogP contribution >= 0.6 is 0 Å². The minimum atomic E-state index is -0.488. The highest BCUT2D eigenvalue weighted by molar-refractivity contribution is 5.89. The van der Waals surface area contributed by atoms with Crippen LogP contribution in [0.3, 0.4) is 0 Å². The lowest BCUT2D eigenvalue weighted by Crippen LogP contribution is -2.34. The first-order chi connectivity index (χ1) is 11.4. The molecule has 1 N–H and O–H groups in total. The smallest absolute Gasteiger partial charge is 0.418 e. The monoisotopic (exact) mass is 328 g/mol. The summed E-state index contributed by atoms with van der Waals surface area (Å²) in [4.78, 5) is 12.4. The highest BCUT2D eigenvalue weighted by atomic mass is 16.6. The van der Waals surface area contributed by atoms with Gasteiger partial charge in [0.05, 0.1) is 5.52 Å². The van der Waals surface area contributed by atoms with Gasteiger partial charge in [0, 0.05) is 17.6 Å². The number of carbonyl (C=O) groups is 1. The number of rotatable bonds is 3. The number of hydrogen-bond donors (Lipinski definition) is 1. The zero-order valence-electron chi connectivity index (χ0n) is 15.0. The minimum absolute atomic E-state index is 0.316. The standard InChI is InChI=1S/C20H28N2O2/c1-20(2,3)24-19(23)22-13-11-16-9-7-15(14-18(16)22)8-10-17-6-4-5-12-21-17/h7,9,11,13-14,17,21H,4-6,8,10,12H2,1-3H3. The highest BCUT2D eigenvalue weighted by Gasteiger charge is 2.19. The predicted molar refractivity (Wildman–Crippen MR) is 97.5 cm³/mol. The molecule has 0 spiro atoms. The van der Waals surface area contributed by atoms with E-state index in [1.54, 1.807) is 10.8 Å². The van der Waals surface area contributed by atoms with Gasteiger partial charge in [-0.1, -0.05) is 18.6 Å². The number of ether oxygens (including phenoxy) is 1. The fourth-order valence-corrected chi connectivity index (χ4v) is 3.31. The van der Waals surface area contributed by atoms with Gasteiger partial charge in [-0.2, -0.15) is 0 Å². The summed E-state index contributed by atoms with van der Waals surface area (Å²) in [6, 6.07) is 8.99. The Morgan fingerprint density at radius 1 is 1.29 bits per heavy atom. The van der Waals surface area contributed by atoms with Crippen LogP contribution in [-0.4, -0.2) is 28.8 Å². The summed E-state index contributed by atoms with van der Waals surface area (Å²) >= 11 is 0. The van der Waals surface area contributed by atoms with E-state index in [2.05, 4.69) is 23.5 Å². The van der Waals surface area contributed by atoms with Crippen molar-refractivity contribution >= 4 is 17.0 Å². The predicted octanol–water partition coefficient (Wildman–Crippen LogP) is 4.50. The molecule has 1 saturated heterocycles. The molecule has 24 heavy (non-hydrogen) atoms. The Labute approximate surface area is 144 Å². The van der Waals surface area contributed by atoms with E-state index in [9.17, 15) is 4.79 Å². The van der Waals surface area contributed by atoms with Crippen molar-refractivity contribution in [3.05, 3.63) is 36.0 Å². The summed E-state index contributed by atoms with van der Waals surface area (Å²) < 4.78 is 7.11. The van der Waals surface area contributed by atoms with Crippen LogP contribution < -0.4 is 5.32 Å². The van der Waals surface area contributed by atoms with Gasteiger partial charge < -0.3 is 10.1 Å². The maximum absolute atomic E-state index is 12.4. The van der Waals surface area contributed by atoms with Gasteiger partial charge in [-0.05, 0) is 70.7 Å². The molecule has 0 radical (unpaired) electrons. The first-order valence-electron chi connectivity index (χ1n) is 8.99. The van der Waals surface area contributed by atoms with E-state index in [-0.39, 0.29) is 6.09 Å². The molecule has 1 aliphatic heterocycles.